The minimum atomic E-state index is -0.128. The van der Waals surface area contributed by atoms with Crippen molar-refractivity contribution < 1.29 is 9.53 Å². The predicted molar refractivity (Wildman–Crippen MR) is 61.3 cm³/mol. The second-order valence-electron chi connectivity index (χ2n) is 3.43. The summed E-state index contributed by atoms with van der Waals surface area (Å²) in [6, 6.07) is 0. The maximum Gasteiger partial charge on any atom is 0.309 e. The number of hydrogen-bond donors (Lipinski definition) is 0. The van der Waals surface area contributed by atoms with Gasteiger partial charge in [0.2, 0.25) is 0 Å². The fraction of sp³-hybridized carbons (Fsp3) is 0.308. The molecule has 2 heteroatoms. The van der Waals surface area contributed by atoms with Crippen LogP contribution < -0.4 is 0 Å². The lowest BCUT2D eigenvalue weighted by atomic mass is 10.1. The molecule has 0 bridgehead atoms. The highest BCUT2D eigenvalue weighted by Crippen LogP contribution is 2.19. The van der Waals surface area contributed by atoms with E-state index in [2.05, 4.69) is 13.2 Å². The summed E-state index contributed by atoms with van der Waals surface area (Å²) in [5, 5.41) is 0. The van der Waals surface area contributed by atoms with Crippen LogP contribution in [-0.4, -0.2) is 12.6 Å². The molecular formula is C13H16O2. The summed E-state index contributed by atoms with van der Waals surface area (Å²) >= 11 is 0. The average Bonchev–Trinajstić information content (AvgIpc) is 2.77. The molecule has 1 aliphatic carbocycles. The van der Waals surface area contributed by atoms with E-state index in [9.17, 15) is 4.79 Å². The van der Waals surface area contributed by atoms with Crippen LogP contribution in [0.1, 0.15) is 12.8 Å². The number of carbonyl (C=O) groups is 1. The highest BCUT2D eigenvalue weighted by molar-refractivity contribution is 5.73. The first-order chi connectivity index (χ1) is 7.27. The number of hydrogen-bond acceptors (Lipinski definition) is 2. The molecule has 2 nitrogen and oxygen atoms in total. The molecule has 0 saturated heterocycles. The number of rotatable bonds is 5. The summed E-state index contributed by atoms with van der Waals surface area (Å²) in [6.45, 7) is 7.50. The van der Waals surface area contributed by atoms with Crippen LogP contribution in [0.4, 0.5) is 0 Å². The van der Waals surface area contributed by atoms with Crippen molar-refractivity contribution in [2.45, 2.75) is 12.8 Å². The van der Waals surface area contributed by atoms with E-state index in [0.29, 0.717) is 0 Å². The molecule has 0 saturated carbocycles. The van der Waals surface area contributed by atoms with Crippen molar-refractivity contribution in [1.82, 2.24) is 0 Å². The third-order valence-corrected chi connectivity index (χ3v) is 2.32. The zero-order chi connectivity index (χ0) is 11.1. The van der Waals surface area contributed by atoms with Gasteiger partial charge >= 0.3 is 5.97 Å². The monoisotopic (exact) mass is 204 g/mol. The lowest BCUT2D eigenvalue weighted by Gasteiger charge is -2.09. The maximum atomic E-state index is 11.5. The third-order valence-electron chi connectivity index (χ3n) is 2.32. The largest absolute Gasteiger partial charge is 0.461 e. The normalized spacial score (nSPS) is 16.4. The number of ether oxygens (including phenoxy) is 1. The van der Waals surface area contributed by atoms with Gasteiger partial charge in [-0.2, -0.15) is 0 Å². The molecule has 0 radical (unpaired) electrons. The van der Waals surface area contributed by atoms with Crippen LogP contribution in [0.5, 0.6) is 0 Å². The molecule has 0 unspecified atom stereocenters. The minimum Gasteiger partial charge on any atom is -0.461 e. The van der Waals surface area contributed by atoms with Crippen LogP contribution in [0.3, 0.4) is 0 Å². The molecule has 1 aliphatic rings. The fourth-order valence-corrected chi connectivity index (χ4v) is 1.41. The van der Waals surface area contributed by atoms with Crippen molar-refractivity contribution in [3.63, 3.8) is 0 Å². The predicted octanol–water partition coefficient (Wildman–Crippen LogP) is 2.79. The first-order valence-corrected chi connectivity index (χ1v) is 5.03. The molecule has 0 spiro atoms. The molecule has 0 fully saturated rings. The van der Waals surface area contributed by atoms with E-state index in [1.165, 1.54) is 0 Å². The van der Waals surface area contributed by atoms with Gasteiger partial charge in [0.25, 0.3) is 0 Å². The Morgan fingerprint density at radius 3 is 2.60 bits per heavy atom. The molecular weight excluding hydrogens is 188 g/mol. The van der Waals surface area contributed by atoms with Crippen molar-refractivity contribution in [3.05, 3.63) is 49.1 Å². The second kappa shape index (κ2) is 6.02. The van der Waals surface area contributed by atoms with Gasteiger partial charge in [-0.3, -0.25) is 4.79 Å². The van der Waals surface area contributed by atoms with Crippen molar-refractivity contribution in [2.24, 2.45) is 5.92 Å². The maximum absolute atomic E-state index is 11.5. The summed E-state index contributed by atoms with van der Waals surface area (Å²) in [5.41, 5.74) is 0.865. The standard InChI is InChI=1S/C13H16O2/c1-3-7-11(4-2)10-15-13(14)12-8-5-6-9-12/h3-7,12H,1-2,8-10H2/b11-7+. The van der Waals surface area contributed by atoms with E-state index in [1.54, 1.807) is 18.2 Å². The molecule has 1 rings (SSSR count). The highest BCUT2D eigenvalue weighted by Gasteiger charge is 2.20. The quantitative estimate of drug-likeness (QED) is 0.391. The van der Waals surface area contributed by atoms with E-state index in [1.807, 2.05) is 12.2 Å². The van der Waals surface area contributed by atoms with Gasteiger partial charge in [0.1, 0.15) is 6.61 Å². The van der Waals surface area contributed by atoms with Crippen LogP contribution >= 0.6 is 0 Å². The van der Waals surface area contributed by atoms with Gasteiger partial charge in [-0.1, -0.05) is 43.5 Å². The van der Waals surface area contributed by atoms with Gasteiger partial charge in [0.05, 0.1) is 5.92 Å². The molecule has 0 aromatic heterocycles. The first-order valence-electron chi connectivity index (χ1n) is 5.03. The Hall–Kier alpha value is -1.57. The van der Waals surface area contributed by atoms with E-state index in [4.69, 9.17) is 4.74 Å². The van der Waals surface area contributed by atoms with Crippen LogP contribution in [0.2, 0.25) is 0 Å². The number of carbonyl (C=O) groups excluding carboxylic acids is 1. The summed E-state index contributed by atoms with van der Waals surface area (Å²) in [6.07, 6.45) is 10.7. The van der Waals surface area contributed by atoms with Gasteiger partial charge in [-0.15, -0.1) is 0 Å². The van der Waals surface area contributed by atoms with E-state index < -0.39 is 0 Å². The smallest absolute Gasteiger partial charge is 0.309 e. The van der Waals surface area contributed by atoms with Crippen molar-refractivity contribution >= 4 is 5.97 Å². The van der Waals surface area contributed by atoms with E-state index in [-0.39, 0.29) is 18.5 Å². The molecule has 0 N–H and O–H groups in total. The fourth-order valence-electron chi connectivity index (χ4n) is 1.41. The SMILES string of the molecule is C=C/C=C(\C=C)COC(=O)C1CC=CC1. The third kappa shape index (κ3) is 3.58. The van der Waals surface area contributed by atoms with Gasteiger partial charge in [0.15, 0.2) is 0 Å². The van der Waals surface area contributed by atoms with E-state index >= 15 is 0 Å². The summed E-state index contributed by atoms with van der Waals surface area (Å²) in [7, 11) is 0. The Labute approximate surface area is 90.6 Å². The van der Waals surface area contributed by atoms with E-state index in [0.717, 1.165) is 18.4 Å². The Morgan fingerprint density at radius 1 is 1.40 bits per heavy atom. The molecule has 0 atom stereocenters. The molecule has 80 valence electrons. The van der Waals surface area contributed by atoms with Crippen molar-refractivity contribution in [3.8, 4) is 0 Å². The molecule has 0 aromatic rings. The second-order valence-corrected chi connectivity index (χ2v) is 3.43. The Bertz CT molecular complexity index is 302. The first kappa shape index (κ1) is 11.5. The van der Waals surface area contributed by atoms with Crippen molar-refractivity contribution in [2.75, 3.05) is 6.61 Å². The topological polar surface area (TPSA) is 26.3 Å². The van der Waals surface area contributed by atoms with Crippen LogP contribution in [0.15, 0.2) is 49.1 Å². The van der Waals surface area contributed by atoms with Crippen LogP contribution in [0, 0.1) is 5.92 Å². The zero-order valence-electron chi connectivity index (χ0n) is 8.82. The number of esters is 1. The molecule has 0 amide bonds. The minimum absolute atomic E-state index is 0.0137. The van der Waals surface area contributed by atoms with Gasteiger partial charge in [-0.05, 0) is 18.4 Å². The molecule has 0 aromatic carbocycles. The molecule has 0 aliphatic heterocycles. The Morgan fingerprint density at radius 2 is 2.07 bits per heavy atom. The van der Waals surface area contributed by atoms with Gasteiger partial charge in [0, 0.05) is 0 Å². The lowest BCUT2D eigenvalue weighted by molar-refractivity contribution is -0.147. The Balaban J connectivity index is 2.35. The van der Waals surface area contributed by atoms with Gasteiger partial charge < -0.3 is 4.74 Å². The number of allylic oxidation sites excluding steroid dienone is 4. The zero-order valence-corrected chi connectivity index (χ0v) is 8.82. The lowest BCUT2D eigenvalue weighted by Crippen LogP contribution is -2.16. The molecule has 15 heavy (non-hydrogen) atoms. The summed E-state index contributed by atoms with van der Waals surface area (Å²) < 4.78 is 5.17. The summed E-state index contributed by atoms with van der Waals surface area (Å²) in [4.78, 5) is 11.5. The van der Waals surface area contributed by atoms with Crippen LogP contribution in [0.25, 0.3) is 0 Å². The molecule has 0 heterocycles. The summed E-state index contributed by atoms with van der Waals surface area (Å²) in [5.74, 6) is -0.114. The Kier molecular flexibility index (Phi) is 4.61. The van der Waals surface area contributed by atoms with Crippen molar-refractivity contribution in [1.29, 1.82) is 0 Å². The van der Waals surface area contributed by atoms with Crippen LogP contribution in [-0.2, 0) is 9.53 Å². The highest BCUT2D eigenvalue weighted by atomic mass is 16.5. The average molecular weight is 204 g/mol. The van der Waals surface area contributed by atoms with Gasteiger partial charge in [-0.25, -0.2) is 0 Å².